The van der Waals surface area contributed by atoms with Gasteiger partial charge in [-0.05, 0) is 61.0 Å². The average molecular weight is 481 g/mol. The topological polar surface area (TPSA) is 87.0 Å². The van der Waals surface area contributed by atoms with Crippen LogP contribution in [0.2, 0.25) is 0 Å². The highest BCUT2D eigenvalue weighted by Gasteiger charge is 2.28. The number of hydrogen-bond acceptors (Lipinski definition) is 6. The first-order chi connectivity index (χ1) is 16.9. The van der Waals surface area contributed by atoms with E-state index in [2.05, 4.69) is 20.4 Å². The molecule has 0 aliphatic carbocycles. The molecule has 1 aromatic heterocycles. The van der Waals surface area contributed by atoms with Crippen molar-refractivity contribution in [2.75, 3.05) is 50.1 Å². The lowest BCUT2D eigenvalue weighted by atomic mass is 10.1. The number of ether oxygens (including phenoxy) is 1. The van der Waals surface area contributed by atoms with Crippen LogP contribution in [0.4, 0.5) is 15.8 Å². The monoisotopic (exact) mass is 480 g/mol. The Balaban J connectivity index is 1.35. The van der Waals surface area contributed by atoms with Crippen molar-refractivity contribution in [3.05, 3.63) is 78.0 Å². The van der Waals surface area contributed by atoms with E-state index in [0.717, 1.165) is 37.6 Å². The molecule has 0 spiro atoms. The SMILES string of the molecule is COc1ccc(N2CCN(C(CNC(=O)C(=O)Nc3ccc(C)c(F)c3)c3ccco3)CC2)cc1. The van der Waals surface area contributed by atoms with Gasteiger partial charge in [0.2, 0.25) is 0 Å². The summed E-state index contributed by atoms with van der Waals surface area (Å²) in [7, 11) is 1.65. The number of methoxy groups -OCH3 is 1. The van der Waals surface area contributed by atoms with Gasteiger partial charge in [0.05, 0.1) is 19.4 Å². The molecule has 184 valence electrons. The number of halogens is 1. The maximum absolute atomic E-state index is 13.7. The van der Waals surface area contributed by atoms with Gasteiger partial charge < -0.3 is 24.7 Å². The van der Waals surface area contributed by atoms with Crippen molar-refractivity contribution in [2.45, 2.75) is 13.0 Å². The molecule has 1 aliphatic heterocycles. The lowest BCUT2D eigenvalue weighted by molar-refractivity contribution is -0.136. The predicted octanol–water partition coefficient (Wildman–Crippen LogP) is 3.35. The molecule has 1 atom stereocenters. The van der Waals surface area contributed by atoms with E-state index in [0.29, 0.717) is 11.3 Å². The van der Waals surface area contributed by atoms with Crippen LogP contribution in [-0.4, -0.2) is 56.5 Å². The van der Waals surface area contributed by atoms with Crippen LogP contribution in [0.25, 0.3) is 0 Å². The van der Waals surface area contributed by atoms with Gasteiger partial charge in [0.25, 0.3) is 0 Å². The van der Waals surface area contributed by atoms with Gasteiger partial charge in [0.15, 0.2) is 0 Å². The second-order valence-electron chi connectivity index (χ2n) is 8.38. The average Bonchev–Trinajstić information content (AvgIpc) is 3.41. The summed E-state index contributed by atoms with van der Waals surface area (Å²) in [5.74, 6) is -0.563. The minimum atomic E-state index is -0.851. The third kappa shape index (κ3) is 5.99. The molecule has 4 rings (SSSR count). The Morgan fingerprint density at radius 1 is 1.06 bits per heavy atom. The van der Waals surface area contributed by atoms with Gasteiger partial charge in [-0.3, -0.25) is 14.5 Å². The van der Waals surface area contributed by atoms with Crippen molar-refractivity contribution in [3.63, 3.8) is 0 Å². The Hall–Kier alpha value is -3.85. The molecule has 1 aliphatic rings. The number of nitrogens with zero attached hydrogens (tertiary/aromatic N) is 2. The van der Waals surface area contributed by atoms with Crippen molar-refractivity contribution in [1.82, 2.24) is 10.2 Å². The van der Waals surface area contributed by atoms with Crippen LogP contribution in [0.5, 0.6) is 5.75 Å². The Morgan fingerprint density at radius 2 is 1.80 bits per heavy atom. The maximum Gasteiger partial charge on any atom is 0.313 e. The molecular formula is C26H29FN4O4. The Morgan fingerprint density at radius 3 is 2.43 bits per heavy atom. The minimum absolute atomic E-state index is 0.199. The molecule has 2 heterocycles. The fraction of sp³-hybridized carbons (Fsp3) is 0.308. The third-order valence-corrected chi connectivity index (χ3v) is 6.16. The van der Waals surface area contributed by atoms with Crippen molar-refractivity contribution >= 4 is 23.2 Å². The van der Waals surface area contributed by atoms with E-state index in [9.17, 15) is 14.0 Å². The summed E-state index contributed by atoms with van der Waals surface area (Å²) in [4.78, 5) is 29.3. The number of nitrogens with one attached hydrogen (secondary N) is 2. The van der Waals surface area contributed by atoms with Gasteiger partial charge in [0.1, 0.15) is 17.3 Å². The normalized spacial score (nSPS) is 14.9. The molecule has 1 saturated heterocycles. The zero-order valence-electron chi connectivity index (χ0n) is 19.8. The predicted molar refractivity (Wildman–Crippen MR) is 131 cm³/mol. The highest BCUT2D eigenvalue weighted by molar-refractivity contribution is 6.39. The molecule has 8 nitrogen and oxygen atoms in total. The van der Waals surface area contributed by atoms with E-state index in [4.69, 9.17) is 9.15 Å². The molecule has 2 aromatic carbocycles. The second kappa shape index (κ2) is 11.1. The number of hydrogen-bond donors (Lipinski definition) is 2. The first-order valence-electron chi connectivity index (χ1n) is 11.5. The standard InChI is InChI=1S/C26H29FN4O4/c1-18-5-6-19(16-22(18)27)29-26(33)25(32)28-17-23(24-4-3-15-35-24)31-13-11-30(12-14-31)20-7-9-21(34-2)10-8-20/h3-10,15-16,23H,11-14,17H2,1-2H3,(H,28,32)(H,29,33). The largest absolute Gasteiger partial charge is 0.497 e. The van der Waals surface area contributed by atoms with Crippen LogP contribution in [0.3, 0.4) is 0 Å². The summed E-state index contributed by atoms with van der Waals surface area (Å²) in [6, 6.07) is 15.7. The first kappa shape index (κ1) is 24.3. The Labute approximate surface area is 203 Å². The van der Waals surface area contributed by atoms with Crippen LogP contribution in [0, 0.1) is 12.7 Å². The van der Waals surface area contributed by atoms with E-state index in [1.165, 1.54) is 6.07 Å². The number of carbonyl (C=O) groups is 2. The third-order valence-electron chi connectivity index (χ3n) is 6.16. The number of benzene rings is 2. The molecule has 1 unspecified atom stereocenters. The van der Waals surface area contributed by atoms with Crippen LogP contribution < -0.4 is 20.3 Å². The Bertz CT molecular complexity index is 1140. The summed E-state index contributed by atoms with van der Waals surface area (Å²) in [5.41, 5.74) is 1.81. The molecular weight excluding hydrogens is 451 g/mol. The van der Waals surface area contributed by atoms with Crippen LogP contribution in [-0.2, 0) is 9.59 Å². The Kier molecular flexibility index (Phi) is 7.67. The molecule has 3 aromatic rings. The van der Waals surface area contributed by atoms with Crippen molar-refractivity contribution in [1.29, 1.82) is 0 Å². The second-order valence-corrected chi connectivity index (χ2v) is 8.38. The molecule has 0 bridgehead atoms. The fourth-order valence-electron chi connectivity index (χ4n) is 4.10. The number of furan rings is 1. The summed E-state index contributed by atoms with van der Waals surface area (Å²) in [5, 5.41) is 5.13. The van der Waals surface area contributed by atoms with Gasteiger partial charge in [0, 0.05) is 44.1 Å². The van der Waals surface area contributed by atoms with E-state index in [1.807, 2.05) is 30.3 Å². The first-order valence-corrected chi connectivity index (χ1v) is 11.5. The number of aryl methyl sites for hydroxylation is 1. The van der Waals surface area contributed by atoms with E-state index >= 15 is 0 Å². The van der Waals surface area contributed by atoms with Gasteiger partial charge in [-0.2, -0.15) is 0 Å². The van der Waals surface area contributed by atoms with Crippen LogP contribution in [0.15, 0.2) is 65.3 Å². The molecule has 9 heteroatoms. The van der Waals surface area contributed by atoms with E-state index in [-0.39, 0.29) is 18.3 Å². The van der Waals surface area contributed by atoms with Gasteiger partial charge >= 0.3 is 11.8 Å². The van der Waals surface area contributed by atoms with Crippen molar-refractivity contribution in [2.24, 2.45) is 0 Å². The molecule has 0 saturated carbocycles. The van der Waals surface area contributed by atoms with Gasteiger partial charge in [-0.1, -0.05) is 6.07 Å². The number of anilines is 2. The van der Waals surface area contributed by atoms with E-state index in [1.54, 1.807) is 38.5 Å². The zero-order chi connectivity index (χ0) is 24.8. The molecule has 2 N–H and O–H groups in total. The molecule has 2 amide bonds. The van der Waals surface area contributed by atoms with Crippen LogP contribution in [0.1, 0.15) is 17.4 Å². The summed E-state index contributed by atoms with van der Waals surface area (Å²) in [6.07, 6.45) is 1.59. The van der Waals surface area contributed by atoms with E-state index < -0.39 is 17.6 Å². The molecule has 1 fully saturated rings. The number of carbonyl (C=O) groups excluding carboxylic acids is 2. The smallest absolute Gasteiger partial charge is 0.313 e. The maximum atomic E-state index is 13.7. The van der Waals surface area contributed by atoms with Crippen molar-refractivity contribution in [3.8, 4) is 5.75 Å². The number of amides is 2. The zero-order valence-corrected chi connectivity index (χ0v) is 19.8. The molecule has 0 radical (unpaired) electrons. The summed E-state index contributed by atoms with van der Waals surface area (Å²) in [6.45, 7) is 4.93. The fourth-order valence-corrected chi connectivity index (χ4v) is 4.10. The highest BCUT2D eigenvalue weighted by atomic mass is 19.1. The lowest BCUT2D eigenvalue weighted by Crippen LogP contribution is -2.50. The molecule has 35 heavy (non-hydrogen) atoms. The summed E-state index contributed by atoms with van der Waals surface area (Å²) >= 11 is 0. The van der Waals surface area contributed by atoms with Gasteiger partial charge in [-0.25, -0.2) is 4.39 Å². The number of rotatable bonds is 7. The van der Waals surface area contributed by atoms with Crippen LogP contribution >= 0.6 is 0 Å². The highest BCUT2D eigenvalue weighted by Crippen LogP contribution is 2.25. The minimum Gasteiger partial charge on any atom is -0.497 e. The van der Waals surface area contributed by atoms with Crippen molar-refractivity contribution < 1.29 is 23.1 Å². The van der Waals surface area contributed by atoms with Gasteiger partial charge in [-0.15, -0.1) is 0 Å². The summed E-state index contributed by atoms with van der Waals surface area (Å²) < 4.78 is 24.6. The quantitative estimate of drug-likeness (QED) is 0.505. The lowest BCUT2D eigenvalue weighted by Gasteiger charge is -2.39. The number of piperazine rings is 1.